The number of halogens is 1. The van der Waals surface area contributed by atoms with Crippen LogP contribution >= 0.6 is 15.9 Å². The Labute approximate surface area is 150 Å². The van der Waals surface area contributed by atoms with Gasteiger partial charge in [-0.25, -0.2) is 0 Å². The number of hydrogen-bond donors (Lipinski definition) is 0. The molecule has 4 heteroatoms. The zero-order chi connectivity index (χ0) is 16.9. The van der Waals surface area contributed by atoms with Gasteiger partial charge in [-0.15, -0.1) is 0 Å². The van der Waals surface area contributed by atoms with Crippen LogP contribution in [0.3, 0.4) is 0 Å². The number of methoxy groups -OCH3 is 1. The third kappa shape index (κ3) is 3.49. The summed E-state index contributed by atoms with van der Waals surface area (Å²) in [5.74, 6) is 0.778. The number of aryl methyl sites for hydroxylation is 1. The van der Waals surface area contributed by atoms with E-state index in [0.717, 1.165) is 39.9 Å². The zero-order valence-electron chi connectivity index (χ0n) is 13.8. The van der Waals surface area contributed by atoms with Gasteiger partial charge in [-0.2, -0.15) is 0 Å². The molecule has 0 unspecified atom stereocenters. The van der Waals surface area contributed by atoms with Crippen molar-refractivity contribution in [1.82, 2.24) is 9.97 Å². The number of benzene rings is 1. The fourth-order valence-electron chi connectivity index (χ4n) is 2.73. The quantitative estimate of drug-likeness (QED) is 0.617. The van der Waals surface area contributed by atoms with Crippen LogP contribution in [-0.4, -0.2) is 17.1 Å². The normalized spacial score (nSPS) is 10.6. The van der Waals surface area contributed by atoms with Crippen LogP contribution in [0.15, 0.2) is 59.5 Å². The summed E-state index contributed by atoms with van der Waals surface area (Å²) in [7, 11) is 1.67. The maximum absolute atomic E-state index is 5.55. The first-order valence-electron chi connectivity index (χ1n) is 7.92. The monoisotopic (exact) mass is 382 g/mol. The van der Waals surface area contributed by atoms with E-state index in [4.69, 9.17) is 4.74 Å². The maximum Gasteiger partial charge on any atom is 0.144 e. The van der Waals surface area contributed by atoms with E-state index in [1.54, 1.807) is 13.3 Å². The van der Waals surface area contributed by atoms with E-state index in [-0.39, 0.29) is 0 Å². The van der Waals surface area contributed by atoms with Gasteiger partial charge in [0.2, 0.25) is 0 Å². The molecule has 0 aliphatic carbocycles. The third-order valence-corrected chi connectivity index (χ3v) is 4.61. The van der Waals surface area contributed by atoms with Crippen molar-refractivity contribution in [3.8, 4) is 16.9 Å². The summed E-state index contributed by atoms with van der Waals surface area (Å²) in [4.78, 5) is 8.88. The fourth-order valence-corrected chi connectivity index (χ4v) is 3.23. The number of ether oxygens (including phenoxy) is 1. The molecule has 3 nitrogen and oxygen atoms in total. The highest BCUT2D eigenvalue weighted by Crippen LogP contribution is 2.36. The Morgan fingerprint density at radius 1 is 1.00 bits per heavy atom. The van der Waals surface area contributed by atoms with Crippen LogP contribution in [0.2, 0.25) is 0 Å². The summed E-state index contributed by atoms with van der Waals surface area (Å²) >= 11 is 3.50. The molecule has 2 aromatic heterocycles. The molecule has 1 aromatic carbocycles. The van der Waals surface area contributed by atoms with E-state index in [9.17, 15) is 0 Å². The van der Waals surface area contributed by atoms with Crippen LogP contribution in [0.25, 0.3) is 11.1 Å². The lowest BCUT2D eigenvalue weighted by Crippen LogP contribution is -1.98. The zero-order valence-corrected chi connectivity index (χ0v) is 15.4. The molecule has 2 heterocycles. The molecule has 0 bridgehead atoms. The summed E-state index contributed by atoms with van der Waals surface area (Å²) in [5, 5.41) is 0. The standard InChI is InChI=1S/C20H19BrN2O/c1-3-14-6-8-15(9-7-14)11-19-16(5-4-10-23-19)17-12-22-13-18(21)20(17)24-2/h4-10,12-13H,3,11H2,1-2H3. The van der Waals surface area contributed by atoms with Crippen molar-refractivity contribution in [3.63, 3.8) is 0 Å². The summed E-state index contributed by atoms with van der Waals surface area (Å²) in [6.07, 6.45) is 7.22. The molecule has 0 amide bonds. The predicted octanol–water partition coefficient (Wildman–Crippen LogP) is 5.07. The van der Waals surface area contributed by atoms with Crippen molar-refractivity contribution in [1.29, 1.82) is 0 Å². The lowest BCUT2D eigenvalue weighted by Gasteiger charge is -2.13. The lowest BCUT2D eigenvalue weighted by atomic mass is 9.99. The topological polar surface area (TPSA) is 35.0 Å². The average Bonchev–Trinajstić information content (AvgIpc) is 2.62. The minimum Gasteiger partial charge on any atom is -0.495 e. The Morgan fingerprint density at radius 3 is 2.46 bits per heavy atom. The molecule has 0 saturated heterocycles. The first kappa shape index (κ1) is 16.7. The minimum absolute atomic E-state index is 0.774. The Hall–Kier alpha value is -2.20. The average molecular weight is 383 g/mol. The van der Waals surface area contributed by atoms with Crippen LogP contribution < -0.4 is 4.74 Å². The third-order valence-electron chi connectivity index (χ3n) is 4.04. The van der Waals surface area contributed by atoms with Crippen molar-refractivity contribution in [2.24, 2.45) is 0 Å². The van der Waals surface area contributed by atoms with Gasteiger partial charge in [0.15, 0.2) is 0 Å². The highest BCUT2D eigenvalue weighted by molar-refractivity contribution is 9.10. The molecular formula is C20H19BrN2O. The molecule has 0 atom stereocenters. The van der Waals surface area contributed by atoms with E-state index < -0.39 is 0 Å². The lowest BCUT2D eigenvalue weighted by molar-refractivity contribution is 0.413. The van der Waals surface area contributed by atoms with Crippen LogP contribution in [0.4, 0.5) is 0 Å². The van der Waals surface area contributed by atoms with Crippen LogP contribution in [0.1, 0.15) is 23.7 Å². The molecule has 0 spiro atoms. The van der Waals surface area contributed by atoms with Gasteiger partial charge in [-0.1, -0.05) is 37.3 Å². The molecule has 24 heavy (non-hydrogen) atoms. The maximum atomic E-state index is 5.55. The Balaban J connectivity index is 2.00. The SMILES string of the molecule is CCc1ccc(Cc2ncccc2-c2cncc(Br)c2OC)cc1. The molecule has 3 aromatic rings. The summed E-state index contributed by atoms with van der Waals surface area (Å²) in [6, 6.07) is 12.7. The summed E-state index contributed by atoms with van der Waals surface area (Å²) in [5.41, 5.74) is 5.59. The van der Waals surface area contributed by atoms with Gasteiger partial charge < -0.3 is 4.74 Å². The highest BCUT2D eigenvalue weighted by Gasteiger charge is 2.14. The number of pyridine rings is 2. The first-order valence-corrected chi connectivity index (χ1v) is 8.71. The summed E-state index contributed by atoms with van der Waals surface area (Å²) < 4.78 is 6.39. The van der Waals surface area contributed by atoms with Gasteiger partial charge in [0.1, 0.15) is 5.75 Å². The van der Waals surface area contributed by atoms with Crippen molar-refractivity contribution < 1.29 is 4.74 Å². The van der Waals surface area contributed by atoms with Crippen molar-refractivity contribution in [2.45, 2.75) is 19.8 Å². The van der Waals surface area contributed by atoms with Gasteiger partial charge >= 0.3 is 0 Å². The number of nitrogens with zero attached hydrogens (tertiary/aromatic N) is 2. The number of rotatable bonds is 5. The predicted molar refractivity (Wildman–Crippen MR) is 100 cm³/mol. The van der Waals surface area contributed by atoms with Gasteiger partial charge in [-0.3, -0.25) is 9.97 Å². The van der Waals surface area contributed by atoms with E-state index in [1.807, 2.05) is 18.5 Å². The van der Waals surface area contributed by atoms with E-state index in [1.165, 1.54) is 11.1 Å². The van der Waals surface area contributed by atoms with Crippen LogP contribution in [0.5, 0.6) is 5.75 Å². The van der Waals surface area contributed by atoms with E-state index in [2.05, 4.69) is 63.2 Å². The minimum atomic E-state index is 0.774. The summed E-state index contributed by atoms with van der Waals surface area (Å²) in [6.45, 7) is 2.17. The second-order valence-corrected chi connectivity index (χ2v) is 6.40. The van der Waals surface area contributed by atoms with E-state index in [0.29, 0.717) is 0 Å². The number of aromatic nitrogens is 2. The fraction of sp³-hybridized carbons (Fsp3) is 0.200. The Morgan fingerprint density at radius 2 is 1.75 bits per heavy atom. The molecule has 122 valence electrons. The Kier molecular flexibility index (Phi) is 5.26. The van der Waals surface area contributed by atoms with Crippen LogP contribution in [0, 0.1) is 0 Å². The van der Waals surface area contributed by atoms with E-state index >= 15 is 0 Å². The molecule has 0 saturated carbocycles. The van der Waals surface area contributed by atoms with Gasteiger partial charge in [0.05, 0.1) is 17.3 Å². The van der Waals surface area contributed by atoms with Crippen molar-refractivity contribution in [3.05, 3.63) is 76.3 Å². The smallest absolute Gasteiger partial charge is 0.144 e. The molecule has 0 radical (unpaired) electrons. The van der Waals surface area contributed by atoms with Crippen molar-refractivity contribution in [2.75, 3.05) is 7.11 Å². The molecule has 0 N–H and O–H groups in total. The van der Waals surface area contributed by atoms with Crippen LogP contribution in [-0.2, 0) is 12.8 Å². The molecule has 0 fully saturated rings. The van der Waals surface area contributed by atoms with Gasteiger partial charge in [0.25, 0.3) is 0 Å². The number of hydrogen-bond acceptors (Lipinski definition) is 3. The molecular weight excluding hydrogens is 364 g/mol. The second kappa shape index (κ2) is 7.58. The first-order chi connectivity index (χ1) is 11.7. The molecule has 0 aliphatic heterocycles. The second-order valence-electron chi connectivity index (χ2n) is 5.55. The van der Waals surface area contributed by atoms with Gasteiger partial charge in [0, 0.05) is 36.1 Å². The molecule has 0 aliphatic rings. The molecule has 3 rings (SSSR count). The van der Waals surface area contributed by atoms with Crippen molar-refractivity contribution >= 4 is 15.9 Å². The van der Waals surface area contributed by atoms with Gasteiger partial charge in [-0.05, 0) is 39.5 Å². The highest BCUT2D eigenvalue weighted by atomic mass is 79.9. The largest absolute Gasteiger partial charge is 0.495 e. The Bertz CT molecular complexity index is 831.